The minimum absolute atomic E-state index is 0.132. The molecule has 2 heterocycles. The van der Waals surface area contributed by atoms with Crippen molar-refractivity contribution in [3.8, 4) is 6.07 Å². The molecule has 4 rings (SSSR count). The van der Waals surface area contributed by atoms with Gasteiger partial charge >= 0.3 is 0 Å². The van der Waals surface area contributed by atoms with Gasteiger partial charge in [-0.3, -0.25) is 9.79 Å². The van der Waals surface area contributed by atoms with E-state index in [4.69, 9.17) is 11.6 Å². The Kier molecular flexibility index (Phi) is 7.26. The van der Waals surface area contributed by atoms with Crippen molar-refractivity contribution in [1.82, 2.24) is 4.98 Å². The summed E-state index contributed by atoms with van der Waals surface area (Å²) < 4.78 is 0. The third kappa shape index (κ3) is 5.21. The van der Waals surface area contributed by atoms with Gasteiger partial charge in [0.15, 0.2) is 0 Å². The summed E-state index contributed by atoms with van der Waals surface area (Å²) >= 11 is 9.05. The molecule has 1 N–H and O–H groups in total. The van der Waals surface area contributed by atoms with E-state index in [9.17, 15) is 10.1 Å². The number of carbonyl (C=O) groups excluding carboxylic acids is 1. The number of anilines is 1. The lowest BCUT2D eigenvalue weighted by atomic mass is 9.89. The van der Waals surface area contributed by atoms with E-state index >= 15 is 0 Å². The first kappa shape index (κ1) is 22.5. The number of fused-ring (bicyclic) bond motifs is 1. The molecule has 0 radical (unpaired) electrons. The van der Waals surface area contributed by atoms with Crippen molar-refractivity contribution in [3.05, 3.63) is 69.3 Å². The zero-order chi connectivity index (χ0) is 22.5. The Morgan fingerprint density at radius 1 is 1.41 bits per heavy atom. The summed E-state index contributed by atoms with van der Waals surface area (Å²) in [5.41, 5.74) is 3.23. The fourth-order valence-electron chi connectivity index (χ4n) is 3.58. The van der Waals surface area contributed by atoms with Crippen molar-refractivity contribution in [3.63, 3.8) is 0 Å². The van der Waals surface area contributed by atoms with Crippen LogP contribution in [-0.4, -0.2) is 22.9 Å². The molecule has 5 nitrogen and oxygen atoms in total. The molecular weight excluding hydrogens is 460 g/mol. The second-order valence-electron chi connectivity index (χ2n) is 7.61. The fourth-order valence-corrected chi connectivity index (χ4v) is 5.93. The van der Waals surface area contributed by atoms with E-state index in [-0.39, 0.29) is 11.7 Å². The first-order valence-electron chi connectivity index (χ1n) is 10.3. The number of benzene rings is 1. The minimum atomic E-state index is -0.132. The third-order valence-corrected chi connectivity index (χ3v) is 7.78. The number of nitrogens with one attached hydrogen (secondary N) is 1. The zero-order valence-corrected chi connectivity index (χ0v) is 19.9. The topological polar surface area (TPSA) is 78.1 Å². The maximum atomic E-state index is 12.7. The van der Waals surface area contributed by atoms with Crippen molar-refractivity contribution in [2.24, 2.45) is 10.9 Å². The molecule has 8 heteroatoms. The van der Waals surface area contributed by atoms with E-state index in [2.05, 4.69) is 28.3 Å². The van der Waals surface area contributed by atoms with Gasteiger partial charge in [0.1, 0.15) is 16.2 Å². The lowest BCUT2D eigenvalue weighted by Crippen LogP contribution is -2.14. The standard InChI is InChI=1S/C24H21ClN4OS2/c1-15-8-9-17-18(12-26)24(32-21(17)11-15)29-22(30)14-31-20-7-3-2-6-19(20)28-13-16-5-4-10-27-23(16)25/h2-7,10,13,15H,8-9,11,14H2,1H3,(H,29,30)/t15-/m1/s1. The molecule has 3 aromatic rings. The van der Waals surface area contributed by atoms with Gasteiger partial charge in [-0.2, -0.15) is 5.26 Å². The molecule has 0 unspecified atom stereocenters. The molecule has 32 heavy (non-hydrogen) atoms. The van der Waals surface area contributed by atoms with Crippen LogP contribution in [0.1, 0.15) is 34.9 Å². The highest BCUT2D eigenvalue weighted by molar-refractivity contribution is 8.00. The average molecular weight is 481 g/mol. The van der Waals surface area contributed by atoms with Crippen LogP contribution < -0.4 is 5.32 Å². The van der Waals surface area contributed by atoms with Gasteiger partial charge < -0.3 is 5.32 Å². The Labute approximate surface area is 200 Å². The third-order valence-electron chi connectivity index (χ3n) is 5.23. The molecule has 1 amide bonds. The maximum absolute atomic E-state index is 12.7. The predicted octanol–water partition coefficient (Wildman–Crippen LogP) is 6.27. The number of thiophene rings is 1. The quantitative estimate of drug-likeness (QED) is 0.256. The second kappa shape index (κ2) is 10.3. The molecule has 0 saturated carbocycles. The number of rotatable bonds is 6. The van der Waals surface area contributed by atoms with E-state index in [1.807, 2.05) is 30.3 Å². The van der Waals surface area contributed by atoms with Crippen LogP contribution in [0.25, 0.3) is 0 Å². The summed E-state index contributed by atoms with van der Waals surface area (Å²) in [6.45, 7) is 2.23. The number of aromatic nitrogens is 1. The highest BCUT2D eigenvalue weighted by atomic mass is 35.5. The normalized spacial score (nSPS) is 15.3. The lowest BCUT2D eigenvalue weighted by molar-refractivity contribution is -0.113. The summed E-state index contributed by atoms with van der Waals surface area (Å²) in [7, 11) is 0. The largest absolute Gasteiger partial charge is 0.316 e. The van der Waals surface area contributed by atoms with Gasteiger partial charge in [-0.05, 0) is 55.0 Å². The first-order chi connectivity index (χ1) is 15.5. The van der Waals surface area contributed by atoms with Gasteiger partial charge in [0.2, 0.25) is 5.91 Å². The number of aliphatic imine (C=N–C) groups is 1. The number of amides is 1. The molecular formula is C24H21ClN4OS2. The van der Waals surface area contributed by atoms with Gasteiger partial charge in [0.25, 0.3) is 0 Å². The van der Waals surface area contributed by atoms with E-state index in [0.29, 0.717) is 21.6 Å². The Balaban J connectivity index is 1.43. The predicted molar refractivity (Wildman–Crippen MR) is 133 cm³/mol. The highest BCUT2D eigenvalue weighted by Gasteiger charge is 2.24. The Bertz CT molecular complexity index is 1210. The number of halogens is 1. The van der Waals surface area contributed by atoms with Gasteiger partial charge in [0, 0.05) is 27.7 Å². The van der Waals surface area contributed by atoms with Crippen LogP contribution in [0.4, 0.5) is 10.7 Å². The van der Waals surface area contributed by atoms with Crippen LogP contribution in [-0.2, 0) is 17.6 Å². The summed E-state index contributed by atoms with van der Waals surface area (Å²) in [5, 5.41) is 13.7. The number of carbonyl (C=O) groups is 1. The number of hydrogen-bond acceptors (Lipinski definition) is 6. The lowest BCUT2D eigenvalue weighted by Gasteiger charge is -2.17. The Hall–Kier alpha value is -2.66. The molecule has 1 atom stereocenters. The summed E-state index contributed by atoms with van der Waals surface area (Å²) in [6.07, 6.45) is 6.28. The SMILES string of the molecule is C[C@@H]1CCc2c(sc(NC(=O)CSc3ccccc3N=Cc3cccnc3Cl)c2C#N)C1. The van der Waals surface area contributed by atoms with E-state index in [1.54, 1.807) is 29.8 Å². The summed E-state index contributed by atoms with van der Waals surface area (Å²) in [5.74, 6) is 0.710. The zero-order valence-electron chi connectivity index (χ0n) is 17.5. The molecule has 162 valence electrons. The monoisotopic (exact) mass is 480 g/mol. The number of pyridine rings is 1. The molecule has 1 aliphatic carbocycles. The smallest absolute Gasteiger partial charge is 0.235 e. The van der Waals surface area contributed by atoms with Crippen LogP contribution in [0.15, 0.2) is 52.5 Å². The molecule has 0 fully saturated rings. The van der Waals surface area contributed by atoms with E-state index < -0.39 is 0 Å². The van der Waals surface area contributed by atoms with Crippen molar-refractivity contribution in [1.29, 1.82) is 5.26 Å². The maximum Gasteiger partial charge on any atom is 0.235 e. The molecule has 1 aromatic carbocycles. The number of thioether (sulfide) groups is 1. The fraction of sp³-hybridized carbons (Fsp3) is 0.250. The van der Waals surface area contributed by atoms with Crippen molar-refractivity contribution >= 4 is 57.5 Å². The average Bonchev–Trinajstić information content (AvgIpc) is 3.13. The van der Waals surface area contributed by atoms with Crippen LogP contribution in [0.3, 0.4) is 0 Å². The summed E-state index contributed by atoms with van der Waals surface area (Å²) in [6, 6.07) is 13.6. The van der Waals surface area contributed by atoms with Gasteiger partial charge in [-0.15, -0.1) is 23.1 Å². The Morgan fingerprint density at radius 2 is 2.25 bits per heavy atom. The van der Waals surface area contributed by atoms with Crippen molar-refractivity contribution < 1.29 is 4.79 Å². The van der Waals surface area contributed by atoms with Crippen LogP contribution in [0, 0.1) is 17.2 Å². The number of nitrogens with zero attached hydrogens (tertiary/aromatic N) is 3. The second-order valence-corrected chi connectivity index (χ2v) is 10.1. The Morgan fingerprint density at radius 3 is 3.06 bits per heavy atom. The first-order valence-corrected chi connectivity index (χ1v) is 12.4. The van der Waals surface area contributed by atoms with E-state index in [1.165, 1.54) is 16.6 Å². The van der Waals surface area contributed by atoms with Crippen LogP contribution in [0.5, 0.6) is 0 Å². The molecule has 0 bridgehead atoms. The molecule has 1 aliphatic rings. The van der Waals surface area contributed by atoms with E-state index in [0.717, 1.165) is 41.0 Å². The van der Waals surface area contributed by atoms with Gasteiger partial charge in [-0.1, -0.05) is 30.7 Å². The van der Waals surface area contributed by atoms with Gasteiger partial charge in [-0.25, -0.2) is 4.98 Å². The summed E-state index contributed by atoms with van der Waals surface area (Å²) in [4.78, 5) is 23.4. The minimum Gasteiger partial charge on any atom is -0.316 e. The number of nitriles is 1. The molecule has 0 spiro atoms. The highest BCUT2D eigenvalue weighted by Crippen LogP contribution is 2.39. The van der Waals surface area contributed by atoms with Gasteiger partial charge in [0.05, 0.1) is 17.0 Å². The van der Waals surface area contributed by atoms with Crippen LogP contribution in [0.2, 0.25) is 5.15 Å². The molecule has 2 aromatic heterocycles. The number of hydrogen-bond donors (Lipinski definition) is 1. The molecule has 0 aliphatic heterocycles. The molecule has 0 saturated heterocycles. The van der Waals surface area contributed by atoms with Crippen LogP contribution >= 0.6 is 34.7 Å². The van der Waals surface area contributed by atoms with Crippen molar-refractivity contribution in [2.45, 2.75) is 31.1 Å². The number of para-hydroxylation sites is 1. The van der Waals surface area contributed by atoms with Crippen molar-refractivity contribution in [2.75, 3.05) is 11.1 Å².